The third-order valence-electron chi connectivity index (χ3n) is 6.05. The smallest absolute Gasteiger partial charge is 0.274 e. The number of aryl methyl sites for hydroxylation is 1. The first-order chi connectivity index (χ1) is 16.3. The summed E-state index contributed by atoms with van der Waals surface area (Å²) in [6.07, 6.45) is 4.13. The first-order valence-corrected chi connectivity index (χ1v) is 12.7. The van der Waals surface area contributed by atoms with Crippen molar-refractivity contribution in [2.24, 2.45) is 7.05 Å². The third kappa shape index (κ3) is 5.06. The van der Waals surface area contributed by atoms with E-state index in [1.807, 2.05) is 0 Å². The zero-order valence-corrected chi connectivity index (χ0v) is 19.8. The molecule has 2 saturated heterocycles. The van der Waals surface area contributed by atoms with Gasteiger partial charge in [0.2, 0.25) is 10.0 Å². The van der Waals surface area contributed by atoms with Crippen LogP contribution in [0.3, 0.4) is 0 Å². The molecule has 11 heteroatoms. The van der Waals surface area contributed by atoms with Gasteiger partial charge in [0.1, 0.15) is 5.69 Å². The summed E-state index contributed by atoms with van der Waals surface area (Å²) in [5.74, 6) is -0.823. The second-order valence-electron chi connectivity index (χ2n) is 8.41. The SMILES string of the molecule is Cn1cc(C(=O)N2CCOCC2)cc(NC(=O)c2ccc(S(=O)(=O)N3CCCCC3)cc2)c1=O. The molecule has 0 atom stereocenters. The van der Waals surface area contributed by atoms with E-state index in [-0.39, 0.29) is 27.6 Å². The van der Waals surface area contributed by atoms with E-state index in [2.05, 4.69) is 5.32 Å². The Kier molecular flexibility index (Phi) is 7.15. The summed E-state index contributed by atoms with van der Waals surface area (Å²) in [5, 5.41) is 2.56. The highest BCUT2D eigenvalue weighted by molar-refractivity contribution is 7.89. The van der Waals surface area contributed by atoms with Crippen molar-refractivity contribution >= 4 is 27.5 Å². The number of nitrogens with zero attached hydrogens (tertiary/aromatic N) is 3. The van der Waals surface area contributed by atoms with Crippen LogP contribution in [-0.2, 0) is 21.8 Å². The van der Waals surface area contributed by atoms with Gasteiger partial charge >= 0.3 is 0 Å². The largest absolute Gasteiger partial charge is 0.378 e. The van der Waals surface area contributed by atoms with Crippen LogP contribution in [0.15, 0.2) is 46.2 Å². The van der Waals surface area contributed by atoms with E-state index in [9.17, 15) is 22.8 Å². The van der Waals surface area contributed by atoms with Crippen molar-refractivity contribution in [3.05, 3.63) is 58.0 Å². The topological polar surface area (TPSA) is 118 Å². The molecule has 2 aliphatic heterocycles. The Morgan fingerprint density at radius 3 is 2.24 bits per heavy atom. The van der Waals surface area contributed by atoms with Gasteiger partial charge in [-0.2, -0.15) is 4.31 Å². The van der Waals surface area contributed by atoms with Crippen molar-refractivity contribution in [3.8, 4) is 0 Å². The molecule has 0 aliphatic carbocycles. The Labute approximate surface area is 198 Å². The molecular formula is C23H28N4O6S. The molecule has 1 aromatic carbocycles. The molecule has 0 bridgehead atoms. The number of amides is 2. The minimum Gasteiger partial charge on any atom is -0.378 e. The van der Waals surface area contributed by atoms with Gasteiger partial charge in [0.15, 0.2) is 0 Å². The first-order valence-electron chi connectivity index (χ1n) is 11.3. The number of aromatic nitrogens is 1. The number of nitrogens with one attached hydrogen (secondary N) is 1. The monoisotopic (exact) mass is 488 g/mol. The fourth-order valence-electron chi connectivity index (χ4n) is 4.09. The minimum atomic E-state index is -3.60. The van der Waals surface area contributed by atoms with E-state index < -0.39 is 21.5 Å². The average molecular weight is 489 g/mol. The molecule has 0 saturated carbocycles. The Morgan fingerprint density at radius 2 is 1.59 bits per heavy atom. The standard InChI is InChI=1S/C23H28N4O6S/c1-25-16-18(22(29)26-11-13-33-14-12-26)15-20(23(25)30)24-21(28)17-5-7-19(8-6-17)34(31,32)27-9-3-2-4-10-27/h5-8,15-16H,2-4,9-14H2,1H3,(H,24,28). The normalized spacial score (nSPS) is 17.4. The number of carbonyl (C=O) groups excluding carboxylic acids is 2. The van der Waals surface area contributed by atoms with Crippen LogP contribution >= 0.6 is 0 Å². The molecule has 1 aromatic heterocycles. The Balaban J connectivity index is 1.51. The van der Waals surface area contributed by atoms with E-state index in [1.54, 1.807) is 4.90 Å². The van der Waals surface area contributed by atoms with E-state index >= 15 is 0 Å². The summed E-state index contributed by atoms with van der Waals surface area (Å²) in [6, 6.07) is 7.00. The molecule has 182 valence electrons. The van der Waals surface area contributed by atoms with Gasteiger partial charge in [-0.05, 0) is 43.2 Å². The Hall–Kier alpha value is -3.02. The summed E-state index contributed by atoms with van der Waals surface area (Å²) in [7, 11) is -2.10. The Bertz CT molecular complexity index is 1230. The van der Waals surface area contributed by atoms with Crippen molar-refractivity contribution in [3.63, 3.8) is 0 Å². The van der Waals surface area contributed by atoms with E-state index in [4.69, 9.17) is 4.74 Å². The molecule has 2 amide bonds. The van der Waals surface area contributed by atoms with Crippen LogP contribution in [0.5, 0.6) is 0 Å². The van der Waals surface area contributed by atoms with Crippen molar-refractivity contribution in [2.75, 3.05) is 44.7 Å². The Morgan fingerprint density at radius 1 is 0.941 bits per heavy atom. The van der Waals surface area contributed by atoms with E-state index in [1.165, 1.54) is 52.4 Å². The zero-order valence-electron chi connectivity index (χ0n) is 19.0. The van der Waals surface area contributed by atoms with Crippen LogP contribution in [0.25, 0.3) is 0 Å². The summed E-state index contributed by atoms with van der Waals surface area (Å²) >= 11 is 0. The van der Waals surface area contributed by atoms with Gasteiger partial charge in [0.05, 0.1) is 23.7 Å². The number of morpholine rings is 1. The maximum atomic E-state index is 12.8. The lowest BCUT2D eigenvalue weighted by molar-refractivity contribution is 0.0302. The molecule has 2 fully saturated rings. The summed E-state index contributed by atoms with van der Waals surface area (Å²) in [4.78, 5) is 39.9. The van der Waals surface area contributed by atoms with Gasteiger partial charge in [-0.25, -0.2) is 8.42 Å². The number of hydrogen-bond acceptors (Lipinski definition) is 6. The van der Waals surface area contributed by atoms with Crippen LogP contribution in [-0.4, -0.2) is 73.4 Å². The minimum absolute atomic E-state index is 0.0309. The van der Waals surface area contributed by atoms with Crippen molar-refractivity contribution in [2.45, 2.75) is 24.2 Å². The summed E-state index contributed by atoms with van der Waals surface area (Å²) in [6.45, 7) is 2.79. The molecule has 34 heavy (non-hydrogen) atoms. The molecule has 2 aromatic rings. The predicted molar refractivity (Wildman–Crippen MR) is 125 cm³/mol. The molecule has 4 rings (SSSR count). The van der Waals surface area contributed by atoms with E-state index in [0.717, 1.165) is 19.3 Å². The summed E-state index contributed by atoms with van der Waals surface area (Å²) < 4.78 is 33.6. The predicted octanol–water partition coefficient (Wildman–Crippen LogP) is 1.28. The van der Waals surface area contributed by atoms with Crippen molar-refractivity contribution in [1.29, 1.82) is 0 Å². The lowest BCUT2D eigenvalue weighted by Crippen LogP contribution is -2.41. The van der Waals surface area contributed by atoms with Gasteiger partial charge < -0.3 is 19.5 Å². The zero-order chi connectivity index (χ0) is 24.3. The highest BCUT2D eigenvalue weighted by Gasteiger charge is 2.26. The first kappa shape index (κ1) is 24.1. The molecule has 1 N–H and O–H groups in total. The summed E-state index contributed by atoms with van der Waals surface area (Å²) in [5.41, 5.74) is -0.0142. The maximum Gasteiger partial charge on any atom is 0.274 e. The van der Waals surface area contributed by atoms with Gasteiger partial charge in [0, 0.05) is 45.0 Å². The van der Waals surface area contributed by atoms with Crippen molar-refractivity contribution < 1.29 is 22.7 Å². The molecule has 10 nitrogen and oxygen atoms in total. The number of ether oxygens (including phenoxy) is 1. The van der Waals surface area contributed by atoms with Crippen LogP contribution in [0.1, 0.15) is 40.0 Å². The van der Waals surface area contributed by atoms with Gasteiger partial charge in [0.25, 0.3) is 17.4 Å². The second kappa shape index (κ2) is 10.1. The van der Waals surface area contributed by atoms with Gasteiger partial charge in [-0.3, -0.25) is 14.4 Å². The number of pyridine rings is 1. The fraction of sp³-hybridized carbons (Fsp3) is 0.435. The third-order valence-corrected chi connectivity index (χ3v) is 7.96. The maximum absolute atomic E-state index is 12.8. The van der Waals surface area contributed by atoms with E-state index in [0.29, 0.717) is 39.4 Å². The average Bonchev–Trinajstić information content (AvgIpc) is 2.87. The molecule has 2 aliphatic rings. The lowest BCUT2D eigenvalue weighted by Gasteiger charge is -2.27. The number of hydrogen-bond donors (Lipinski definition) is 1. The number of rotatable bonds is 5. The van der Waals surface area contributed by atoms with Crippen LogP contribution in [0, 0.1) is 0 Å². The highest BCUT2D eigenvalue weighted by atomic mass is 32.2. The molecule has 0 spiro atoms. The number of sulfonamides is 1. The molecule has 3 heterocycles. The number of benzene rings is 1. The number of piperidine rings is 1. The van der Waals surface area contributed by atoms with Gasteiger partial charge in [-0.15, -0.1) is 0 Å². The number of anilines is 1. The fourth-order valence-corrected chi connectivity index (χ4v) is 5.61. The second-order valence-corrected chi connectivity index (χ2v) is 10.3. The van der Waals surface area contributed by atoms with Crippen LogP contribution < -0.4 is 10.9 Å². The van der Waals surface area contributed by atoms with Crippen LogP contribution in [0.4, 0.5) is 5.69 Å². The van der Waals surface area contributed by atoms with Gasteiger partial charge in [-0.1, -0.05) is 6.42 Å². The quantitative estimate of drug-likeness (QED) is 0.678. The van der Waals surface area contributed by atoms with Crippen LogP contribution in [0.2, 0.25) is 0 Å². The molecule has 0 radical (unpaired) electrons. The highest BCUT2D eigenvalue weighted by Crippen LogP contribution is 2.21. The molecule has 0 unspecified atom stereocenters. The molecular weight excluding hydrogens is 460 g/mol. The van der Waals surface area contributed by atoms with Crippen molar-refractivity contribution in [1.82, 2.24) is 13.8 Å². The lowest BCUT2D eigenvalue weighted by atomic mass is 10.2. The number of carbonyl (C=O) groups is 2.